The maximum Gasteiger partial charge on any atom is 0.335 e. The Labute approximate surface area is 146 Å². The van der Waals surface area contributed by atoms with Crippen molar-refractivity contribution in [1.82, 2.24) is 0 Å². The first-order valence-electron chi connectivity index (χ1n) is 9.60. The Morgan fingerprint density at radius 2 is 1.12 bits per heavy atom. The summed E-state index contributed by atoms with van der Waals surface area (Å²) in [5.41, 5.74) is -1.55. The summed E-state index contributed by atoms with van der Waals surface area (Å²) in [6.45, 7) is 2.11. The number of carboxylic acids is 2. The highest BCUT2D eigenvalue weighted by Gasteiger charge is 2.34. The Balaban J connectivity index is 3.66. The molecule has 0 radical (unpaired) electrons. The standard InChI is InChI=1S/C19H36O5/c1-2-3-4-12-15-19(24,18(22)23)16-13-10-8-6-5-7-9-11-14-17(20)21/h24H,2-16H2,1H3,(H,20,21)(H,22,23). The van der Waals surface area contributed by atoms with Crippen LogP contribution in [0.1, 0.15) is 103 Å². The van der Waals surface area contributed by atoms with E-state index in [1.165, 1.54) is 0 Å². The van der Waals surface area contributed by atoms with Crippen LogP contribution in [0.4, 0.5) is 0 Å². The SMILES string of the molecule is CCCCCCC(O)(CCCCCCCCCCC(=O)O)C(=O)O. The molecule has 0 aromatic rings. The zero-order chi connectivity index (χ0) is 18.3. The average molecular weight is 344 g/mol. The number of aliphatic hydroxyl groups is 1. The first kappa shape index (κ1) is 22.9. The van der Waals surface area contributed by atoms with E-state index in [-0.39, 0.29) is 6.42 Å². The van der Waals surface area contributed by atoms with Crippen molar-refractivity contribution < 1.29 is 24.9 Å². The summed E-state index contributed by atoms with van der Waals surface area (Å²) < 4.78 is 0. The van der Waals surface area contributed by atoms with Crippen molar-refractivity contribution in [2.45, 2.75) is 109 Å². The van der Waals surface area contributed by atoms with Crippen molar-refractivity contribution in [2.75, 3.05) is 0 Å². The molecule has 5 nitrogen and oxygen atoms in total. The van der Waals surface area contributed by atoms with E-state index in [0.29, 0.717) is 12.8 Å². The number of aliphatic carboxylic acids is 2. The molecule has 0 amide bonds. The monoisotopic (exact) mass is 344 g/mol. The zero-order valence-corrected chi connectivity index (χ0v) is 15.3. The number of carboxylic acid groups (broad SMARTS) is 2. The van der Waals surface area contributed by atoms with E-state index in [9.17, 15) is 19.8 Å². The van der Waals surface area contributed by atoms with Crippen molar-refractivity contribution in [3.8, 4) is 0 Å². The lowest BCUT2D eigenvalue weighted by atomic mass is 9.90. The molecule has 0 saturated heterocycles. The minimum Gasteiger partial charge on any atom is -0.481 e. The molecular formula is C19H36O5. The molecule has 0 spiro atoms. The fraction of sp³-hybridized carbons (Fsp3) is 0.895. The van der Waals surface area contributed by atoms with Crippen LogP contribution in [0.5, 0.6) is 0 Å². The third-order valence-electron chi connectivity index (χ3n) is 4.57. The number of hydrogen-bond donors (Lipinski definition) is 3. The van der Waals surface area contributed by atoms with Crippen molar-refractivity contribution in [1.29, 1.82) is 0 Å². The predicted octanol–water partition coefficient (Wildman–Crippen LogP) is 4.76. The minimum absolute atomic E-state index is 0.256. The van der Waals surface area contributed by atoms with Crippen LogP contribution in [-0.4, -0.2) is 32.9 Å². The van der Waals surface area contributed by atoms with Gasteiger partial charge in [0.2, 0.25) is 0 Å². The van der Waals surface area contributed by atoms with Gasteiger partial charge in [0, 0.05) is 6.42 Å². The van der Waals surface area contributed by atoms with E-state index in [2.05, 4.69) is 6.92 Å². The molecule has 5 heteroatoms. The van der Waals surface area contributed by atoms with E-state index in [1.807, 2.05) is 0 Å². The van der Waals surface area contributed by atoms with Crippen LogP contribution in [0.25, 0.3) is 0 Å². The maximum absolute atomic E-state index is 11.3. The predicted molar refractivity (Wildman–Crippen MR) is 95.2 cm³/mol. The van der Waals surface area contributed by atoms with E-state index in [0.717, 1.165) is 77.0 Å². The van der Waals surface area contributed by atoms with Crippen molar-refractivity contribution in [3.63, 3.8) is 0 Å². The van der Waals surface area contributed by atoms with E-state index in [4.69, 9.17) is 5.11 Å². The highest BCUT2D eigenvalue weighted by molar-refractivity contribution is 5.76. The lowest BCUT2D eigenvalue weighted by Crippen LogP contribution is -2.38. The molecule has 24 heavy (non-hydrogen) atoms. The normalized spacial score (nSPS) is 13.6. The van der Waals surface area contributed by atoms with Crippen LogP contribution in [-0.2, 0) is 9.59 Å². The molecule has 1 atom stereocenters. The summed E-state index contributed by atoms with van der Waals surface area (Å²) in [5.74, 6) is -1.81. The quantitative estimate of drug-likeness (QED) is 0.331. The Hall–Kier alpha value is -1.10. The molecule has 142 valence electrons. The van der Waals surface area contributed by atoms with Gasteiger partial charge in [0.1, 0.15) is 0 Å². The number of unbranched alkanes of at least 4 members (excludes halogenated alkanes) is 10. The van der Waals surface area contributed by atoms with Gasteiger partial charge in [0.05, 0.1) is 0 Å². The Kier molecular flexibility index (Phi) is 13.6. The first-order chi connectivity index (χ1) is 11.4. The molecule has 0 aliphatic carbocycles. The summed E-state index contributed by atoms with van der Waals surface area (Å²) in [7, 11) is 0. The van der Waals surface area contributed by atoms with Gasteiger partial charge in [-0.3, -0.25) is 4.79 Å². The van der Waals surface area contributed by atoms with Gasteiger partial charge in [0.15, 0.2) is 5.60 Å². The lowest BCUT2D eigenvalue weighted by molar-refractivity contribution is -0.160. The smallest absolute Gasteiger partial charge is 0.335 e. The Bertz CT molecular complexity index is 343. The second kappa shape index (κ2) is 14.3. The van der Waals surface area contributed by atoms with Crippen molar-refractivity contribution in [3.05, 3.63) is 0 Å². The Morgan fingerprint density at radius 1 is 0.708 bits per heavy atom. The fourth-order valence-corrected chi connectivity index (χ4v) is 2.94. The van der Waals surface area contributed by atoms with Crippen LogP contribution in [0, 0.1) is 0 Å². The molecule has 0 rings (SSSR count). The molecule has 0 bridgehead atoms. The summed E-state index contributed by atoms with van der Waals surface area (Å²) >= 11 is 0. The van der Waals surface area contributed by atoms with Gasteiger partial charge >= 0.3 is 11.9 Å². The molecule has 0 aliphatic heterocycles. The van der Waals surface area contributed by atoms with Crippen LogP contribution in [0.3, 0.4) is 0 Å². The second-order valence-corrected chi connectivity index (χ2v) is 6.87. The largest absolute Gasteiger partial charge is 0.481 e. The summed E-state index contributed by atoms with van der Waals surface area (Å²) in [5, 5.41) is 28.1. The third-order valence-corrected chi connectivity index (χ3v) is 4.57. The minimum atomic E-state index is -1.55. The van der Waals surface area contributed by atoms with Gasteiger partial charge in [-0.05, 0) is 32.1 Å². The molecule has 0 saturated carbocycles. The molecule has 0 aromatic carbocycles. The lowest BCUT2D eigenvalue weighted by Gasteiger charge is -2.23. The average Bonchev–Trinajstić information content (AvgIpc) is 2.53. The number of hydrogen-bond acceptors (Lipinski definition) is 3. The topological polar surface area (TPSA) is 94.8 Å². The van der Waals surface area contributed by atoms with Crippen LogP contribution in [0.2, 0.25) is 0 Å². The molecule has 1 unspecified atom stereocenters. The van der Waals surface area contributed by atoms with E-state index in [1.54, 1.807) is 0 Å². The number of rotatable bonds is 17. The van der Waals surface area contributed by atoms with Crippen molar-refractivity contribution >= 4 is 11.9 Å². The van der Waals surface area contributed by atoms with Gasteiger partial charge in [-0.25, -0.2) is 4.79 Å². The highest BCUT2D eigenvalue weighted by Crippen LogP contribution is 2.23. The molecule has 0 heterocycles. The van der Waals surface area contributed by atoms with Crippen molar-refractivity contribution in [2.24, 2.45) is 0 Å². The van der Waals surface area contributed by atoms with E-state index >= 15 is 0 Å². The summed E-state index contributed by atoms with van der Waals surface area (Å²) in [6.07, 6.45) is 12.6. The second-order valence-electron chi connectivity index (χ2n) is 6.87. The number of carbonyl (C=O) groups is 2. The Morgan fingerprint density at radius 3 is 1.54 bits per heavy atom. The molecule has 3 N–H and O–H groups in total. The highest BCUT2D eigenvalue weighted by atomic mass is 16.4. The van der Waals surface area contributed by atoms with Crippen LogP contribution < -0.4 is 0 Å². The molecule has 0 fully saturated rings. The van der Waals surface area contributed by atoms with Gasteiger partial charge in [-0.1, -0.05) is 64.7 Å². The first-order valence-corrected chi connectivity index (χ1v) is 9.60. The van der Waals surface area contributed by atoms with Gasteiger partial charge < -0.3 is 15.3 Å². The maximum atomic E-state index is 11.3. The van der Waals surface area contributed by atoms with E-state index < -0.39 is 17.5 Å². The zero-order valence-electron chi connectivity index (χ0n) is 15.3. The summed E-state index contributed by atoms with van der Waals surface area (Å²) in [6, 6.07) is 0. The molecular weight excluding hydrogens is 308 g/mol. The molecule has 0 aliphatic rings. The summed E-state index contributed by atoms with van der Waals surface area (Å²) in [4.78, 5) is 21.7. The van der Waals surface area contributed by atoms with Gasteiger partial charge in [-0.2, -0.15) is 0 Å². The van der Waals surface area contributed by atoms with Gasteiger partial charge in [0.25, 0.3) is 0 Å². The van der Waals surface area contributed by atoms with Crippen LogP contribution >= 0.6 is 0 Å². The molecule has 0 aromatic heterocycles. The third kappa shape index (κ3) is 12.3. The van der Waals surface area contributed by atoms with Gasteiger partial charge in [-0.15, -0.1) is 0 Å². The van der Waals surface area contributed by atoms with Crippen LogP contribution in [0.15, 0.2) is 0 Å². The fourth-order valence-electron chi connectivity index (χ4n) is 2.94.